The average molecular weight is 223 g/mol. The number of nitrogens with two attached hydrogens (primary N) is 1. The van der Waals surface area contributed by atoms with Crippen molar-refractivity contribution < 1.29 is 19.2 Å². The summed E-state index contributed by atoms with van der Waals surface area (Å²) < 4.78 is 22.0. The number of hydroxylamine groups is 1. The van der Waals surface area contributed by atoms with Gasteiger partial charge < -0.3 is 0 Å². The van der Waals surface area contributed by atoms with E-state index in [0.717, 1.165) is 12.8 Å². The zero-order chi connectivity index (χ0) is 11.2. The van der Waals surface area contributed by atoms with Crippen LogP contribution in [-0.4, -0.2) is 12.1 Å². The van der Waals surface area contributed by atoms with E-state index in [0.29, 0.717) is 0 Å². The molecule has 0 aromatic rings. The van der Waals surface area contributed by atoms with E-state index in [1.165, 1.54) is 5.48 Å². The molecule has 0 aromatic heterocycles. The maximum Gasteiger partial charge on any atom is 0.555 e. The highest BCUT2D eigenvalue weighted by Crippen LogP contribution is 2.45. The molecule has 0 amide bonds. The highest BCUT2D eigenvalue weighted by molar-refractivity contribution is 7.54. The molecule has 2 N–H and O–H groups in total. The molecule has 14 heavy (non-hydrogen) atoms. The maximum atomic E-state index is 11.7. The number of rotatable bonds is 7. The van der Waals surface area contributed by atoms with Crippen molar-refractivity contribution in [3.05, 3.63) is 6.66 Å². The van der Waals surface area contributed by atoms with E-state index in [4.69, 9.17) is 9.15 Å². The lowest BCUT2D eigenvalue weighted by Gasteiger charge is -2.14. The molecule has 0 spiro atoms. The van der Waals surface area contributed by atoms with Crippen LogP contribution in [-0.2, 0) is 13.7 Å². The van der Waals surface area contributed by atoms with E-state index in [1.54, 1.807) is 0 Å². The number of hydrogen-bond acceptors (Lipinski definition) is 3. The highest BCUT2D eigenvalue weighted by Gasteiger charge is 2.33. The van der Waals surface area contributed by atoms with Crippen molar-refractivity contribution in [2.45, 2.75) is 52.7 Å². The van der Waals surface area contributed by atoms with Crippen LogP contribution in [0.3, 0.4) is 0 Å². The Morgan fingerprint density at radius 2 is 1.86 bits per heavy atom. The molecular weight excluding hydrogens is 201 g/mol. The fraction of sp³-hybridized carbons (Fsp3) is 0.889. The Bertz CT molecular complexity index is 192. The quantitative estimate of drug-likeness (QED) is 0.408. The Morgan fingerprint density at radius 1 is 1.36 bits per heavy atom. The van der Waals surface area contributed by atoms with Crippen LogP contribution in [0.25, 0.3) is 0 Å². The molecule has 0 heterocycles. The molecule has 0 radical (unpaired) electrons. The van der Waals surface area contributed by atoms with E-state index in [9.17, 15) is 4.57 Å². The molecule has 0 saturated heterocycles. The largest absolute Gasteiger partial charge is 0.555 e. The zero-order valence-corrected chi connectivity index (χ0v) is 10.4. The van der Waals surface area contributed by atoms with Crippen molar-refractivity contribution in [2.75, 3.05) is 0 Å². The van der Waals surface area contributed by atoms with E-state index in [1.807, 2.05) is 27.7 Å². The smallest absolute Gasteiger partial charge is 0.267 e. The summed E-state index contributed by atoms with van der Waals surface area (Å²) >= 11 is 0. The van der Waals surface area contributed by atoms with Crippen LogP contribution in [0.1, 0.15) is 40.5 Å². The molecule has 0 aliphatic heterocycles. The Kier molecular flexibility index (Phi) is 6.45. The fourth-order valence-corrected chi connectivity index (χ4v) is 2.14. The van der Waals surface area contributed by atoms with Crippen LogP contribution in [0.15, 0.2) is 0 Å². The first kappa shape index (κ1) is 14.0. The predicted molar refractivity (Wildman–Crippen MR) is 56.6 cm³/mol. The molecule has 0 aliphatic rings. The van der Waals surface area contributed by atoms with Crippen LogP contribution >= 0.6 is 7.60 Å². The van der Waals surface area contributed by atoms with Gasteiger partial charge in [-0.15, -0.1) is 0 Å². The Morgan fingerprint density at radius 3 is 2.21 bits per heavy atom. The SMILES string of the molecule is [CH2+]P(=O)(O[NH2+]C(C)C)OC(CC)CC. The lowest BCUT2D eigenvalue weighted by atomic mass is 10.2. The second-order valence-electron chi connectivity index (χ2n) is 3.64. The highest BCUT2D eigenvalue weighted by atomic mass is 31.2. The molecule has 5 heteroatoms. The normalized spacial score (nSPS) is 16.1. The molecule has 0 bridgehead atoms. The van der Waals surface area contributed by atoms with Gasteiger partial charge in [0.25, 0.3) is 0 Å². The van der Waals surface area contributed by atoms with Gasteiger partial charge in [0.05, 0.1) is 6.10 Å². The molecule has 0 rings (SSSR count). The van der Waals surface area contributed by atoms with Crippen LogP contribution < -0.4 is 5.48 Å². The maximum absolute atomic E-state index is 11.7. The predicted octanol–water partition coefficient (Wildman–Crippen LogP) is 2.08. The average Bonchev–Trinajstić information content (AvgIpc) is 2.11. The monoisotopic (exact) mass is 223 g/mol. The number of hydrogen-bond donors (Lipinski definition) is 1. The Balaban J connectivity index is 3.99. The third kappa shape index (κ3) is 6.44. The van der Waals surface area contributed by atoms with Gasteiger partial charge in [0.2, 0.25) is 0 Å². The van der Waals surface area contributed by atoms with Crippen molar-refractivity contribution in [1.29, 1.82) is 0 Å². The molecule has 1 atom stereocenters. The van der Waals surface area contributed by atoms with Gasteiger partial charge in [-0.05, 0) is 26.7 Å². The van der Waals surface area contributed by atoms with Crippen molar-refractivity contribution in [2.24, 2.45) is 0 Å². The lowest BCUT2D eigenvalue weighted by molar-refractivity contribution is -0.881. The minimum atomic E-state index is -3.14. The van der Waals surface area contributed by atoms with Crippen LogP contribution in [0.4, 0.5) is 0 Å². The molecule has 4 nitrogen and oxygen atoms in total. The lowest BCUT2D eigenvalue weighted by Crippen LogP contribution is -2.86. The summed E-state index contributed by atoms with van der Waals surface area (Å²) in [4.78, 5) is 0. The Hall–Kier alpha value is -0.0200. The van der Waals surface area contributed by atoms with Crippen LogP contribution in [0.2, 0.25) is 0 Å². The summed E-state index contributed by atoms with van der Waals surface area (Å²) in [6.45, 7) is 11.3. The summed E-state index contributed by atoms with van der Waals surface area (Å²) in [5.74, 6) is 0. The first-order valence-electron chi connectivity index (χ1n) is 5.05. The summed E-state index contributed by atoms with van der Waals surface area (Å²) in [6.07, 6.45) is 1.61. The second-order valence-corrected chi connectivity index (χ2v) is 5.28. The van der Waals surface area contributed by atoms with Crippen LogP contribution in [0, 0.1) is 6.66 Å². The van der Waals surface area contributed by atoms with Crippen molar-refractivity contribution in [3.63, 3.8) is 0 Å². The van der Waals surface area contributed by atoms with Gasteiger partial charge in [-0.2, -0.15) is 5.48 Å². The molecule has 0 fully saturated rings. The van der Waals surface area contributed by atoms with E-state index in [2.05, 4.69) is 6.66 Å². The summed E-state index contributed by atoms with van der Waals surface area (Å²) in [7, 11) is -3.14. The van der Waals surface area contributed by atoms with E-state index >= 15 is 0 Å². The topological polar surface area (TPSA) is 52.1 Å². The summed E-state index contributed by atoms with van der Waals surface area (Å²) in [6, 6.07) is 0.218. The van der Waals surface area contributed by atoms with Gasteiger partial charge in [-0.25, -0.2) is 4.57 Å². The fourth-order valence-electron chi connectivity index (χ4n) is 0.904. The van der Waals surface area contributed by atoms with Gasteiger partial charge in [0, 0.05) is 0 Å². The third-order valence-corrected chi connectivity index (χ3v) is 2.78. The van der Waals surface area contributed by atoms with Gasteiger partial charge in [0.1, 0.15) is 6.04 Å². The molecule has 0 aliphatic carbocycles. The minimum absolute atomic E-state index is 0.0288. The molecule has 84 valence electrons. The van der Waals surface area contributed by atoms with Crippen LogP contribution in [0.5, 0.6) is 0 Å². The van der Waals surface area contributed by atoms with Gasteiger partial charge in [0.15, 0.2) is 6.66 Å². The molecular formula is C9H22NO3P+2. The van der Waals surface area contributed by atoms with E-state index < -0.39 is 7.60 Å². The number of quaternary nitrogens is 1. The zero-order valence-electron chi connectivity index (χ0n) is 9.53. The molecule has 0 aromatic carbocycles. The standard InChI is InChI=1S/C9H21NO3P/c1-6-9(7-2)12-14(5,11)13-10-8(3)4/h8-10H,5-7H2,1-4H3/q+1/p+1. The summed E-state index contributed by atoms with van der Waals surface area (Å²) in [5.41, 5.74) is 1.51. The van der Waals surface area contributed by atoms with Crippen molar-refractivity contribution in [3.8, 4) is 0 Å². The van der Waals surface area contributed by atoms with Crippen molar-refractivity contribution >= 4 is 7.60 Å². The van der Waals surface area contributed by atoms with Gasteiger partial charge in [-0.3, -0.25) is 4.52 Å². The van der Waals surface area contributed by atoms with E-state index in [-0.39, 0.29) is 12.1 Å². The van der Waals surface area contributed by atoms with Gasteiger partial charge >= 0.3 is 7.60 Å². The first-order chi connectivity index (χ1) is 6.41. The summed E-state index contributed by atoms with van der Waals surface area (Å²) in [5, 5.41) is 0. The van der Waals surface area contributed by atoms with Crippen molar-refractivity contribution in [1.82, 2.24) is 0 Å². The third-order valence-electron chi connectivity index (χ3n) is 1.71. The second kappa shape index (κ2) is 6.46. The molecule has 0 saturated carbocycles. The molecule has 1 unspecified atom stereocenters. The Labute approximate surface area is 86.9 Å². The minimum Gasteiger partial charge on any atom is -0.267 e. The first-order valence-corrected chi connectivity index (χ1v) is 6.78. The van der Waals surface area contributed by atoms with Gasteiger partial charge in [-0.1, -0.05) is 18.5 Å².